The van der Waals surface area contributed by atoms with Crippen LogP contribution in [0.1, 0.15) is 33.6 Å². The van der Waals surface area contributed by atoms with Gasteiger partial charge in [-0.3, -0.25) is 0 Å². The van der Waals surface area contributed by atoms with Crippen molar-refractivity contribution in [2.75, 3.05) is 10.8 Å². The van der Waals surface area contributed by atoms with E-state index >= 15 is 0 Å². The van der Waals surface area contributed by atoms with Gasteiger partial charge in [0.2, 0.25) is 0 Å². The molecule has 0 aliphatic rings. The van der Waals surface area contributed by atoms with Crippen LogP contribution >= 0.6 is 23.5 Å². The highest BCUT2D eigenvalue weighted by Crippen LogP contribution is 2.19. The molecule has 0 saturated carbocycles. The molecule has 0 rings (SSSR count). The summed E-state index contributed by atoms with van der Waals surface area (Å²) in [5, 5.41) is 2.13. The van der Waals surface area contributed by atoms with E-state index in [0.29, 0.717) is 0 Å². The van der Waals surface area contributed by atoms with Gasteiger partial charge in [0.1, 0.15) is 0 Å². The molecule has 0 aromatic heterocycles. The first kappa shape index (κ1) is 10.7. The van der Waals surface area contributed by atoms with Gasteiger partial charge in [0, 0.05) is 10.3 Å². The Kier molecular flexibility index (Phi) is 8.35. The summed E-state index contributed by atoms with van der Waals surface area (Å²) in [7, 11) is 0. The summed E-state index contributed by atoms with van der Waals surface area (Å²) in [6.45, 7) is 6.79. The lowest BCUT2D eigenvalue weighted by atomic mass is 10.4. The monoisotopic (exact) mass is 178 g/mol. The second-order valence-corrected chi connectivity index (χ2v) is 5.31. The largest absolute Gasteiger partial charge is 0.151 e. The number of hydrogen-bond acceptors (Lipinski definition) is 2. The molecule has 0 aliphatic carbocycles. The molecular weight excluding hydrogens is 160 g/mol. The van der Waals surface area contributed by atoms with E-state index in [0.717, 1.165) is 5.25 Å². The fourth-order valence-corrected chi connectivity index (χ4v) is 2.80. The zero-order chi connectivity index (χ0) is 7.82. The molecule has 0 aliphatic heterocycles. The number of hydrogen-bond donors (Lipinski definition) is 0. The molecule has 0 aromatic carbocycles. The molecule has 62 valence electrons. The maximum Gasteiger partial charge on any atom is 0.0394 e. The first-order valence-electron chi connectivity index (χ1n) is 4.00. The smallest absolute Gasteiger partial charge is 0.0394 e. The molecule has 0 heterocycles. The van der Waals surface area contributed by atoms with Crippen LogP contribution in [0.3, 0.4) is 0 Å². The van der Waals surface area contributed by atoms with Crippen molar-refractivity contribution in [3.63, 3.8) is 0 Å². The average Bonchev–Trinajstić information content (AvgIpc) is 1.98. The molecular formula is C8H18S2. The van der Waals surface area contributed by atoms with E-state index in [4.69, 9.17) is 0 Å². The highest BCUT2D eigenvalue weighted by atomic mass is 32.2. The fourth-order valence-electron chi connectivity index (χ4n) is 0.485. The summed E-state index contributed by atoms with van der Waals surface area (Å²) >= 11 is 4.14. The minimum absolute atomic E-state index is 0.851. The Morgan fingerprint density at radius 3 is 2.50 bits per heavy atom. The standard InChI is InChI=1S/C8H18S2/c1-4-6-9-7-10-8(3)5-2/h8H,4-7H2,1-3H3. The van der Waals surface area contributed by atoms with Crippen LogP contribution in [-0.4, -0.2) is 16.1 Å². The Balaban J connectivity index is 2.89. The Morgan fingerprint density at radius 1 is 1.30 bits per heavy atom. The lowest BCUT2D eigenvalue weighted by Crippen LogP contribution is -1.92. The minimum Gasteiger partial charge on any atom is -0.151 e. The van der Waals surface area contributed by atoms with E-state index in [1.807, 2.05) is 0 Å². The zero-order valence-electron chi connectivity index (χ0n) is 7.22. The Labute approximate surface area is 73.5 Å². The molecule has 0 N–H and O–H groups in total. The van der Waals surface area contributed by atoms with Crippen molar-refractivity contribution in [3.05, 3.63) is 0 Å². The van der Waals surface area contributed by atoms with Crippen molar-refractivity contribution in [1.82, 2.24) is 0 Å². The van der Waals surface area contributed by atoms with Crippen molar-refractivity contribution >= 4 is 23.5 Å². The predicted octanol–water partition coefficient (Wildman–Crippen LogP) is 3.62. The molecule has 0 spiro atoms. The molecule has 1 unspecified atom stereocenters. The van der Waals surface area contributed by atoms with Crippen molar-refractivity contribution in [3.8, 4) is 0 Å². The Hall–Kier alpha value is 0.700. The summed E-state index contributed by atoms with van der Waals surface area (Å²) in [4.78, 5) is 0. The molecule has 1 atom stereocenters. The van der Waals surface area contributed by atoms with Crippen LogP contribution in [0.5, 0.6) is 0 Å². The van der Waals surface area contributed by atoms with Gasteiger partial charge in [-0.25, -0.2) is 0 Å². The van der Waals surface area contributed by atoms with Gasteiger partial charge in [0.05, 0.1) is 0 Å². The van der Waals surface area contributed by atoms with Gasteiger partial charge in [0.15, 0.2) is 0 Å². The fraction of sp³-hybridized carbons (Fsp3) is 1.00. The molecule has 0 bridgehead atoms. The van der Waals surface area contributed by atoms with Crippen LogP contribution in [0.4, 0.5) is 0 Å². The van der Waals surface area contributed by atoms with Gasteiger partial charge in [-0.15, -0.1) is 11.8 Å². The molecule has 0 radical (unpaired) electrons. The van der Waals surface area contributed by atoms with E-state index in [1.165, 1.54) is 23.7 Å². The SMILES string of the molecule is CCCSCSC(C)CC. The second kappa shape index (κ2) is 7.80. The molecule has 10 heavy (non-hydrogen) atoms. The van der Waals surface area contributed by atoms with Gasteiger partial charge in [-0.1, -0.05) is 20.8 Å². The zero-order valence-corrected chi connectivity index (χ0v) is 8.86. The van der Waals surface area contributed by atoms with E-state index in [9.17, 15) is 0 Å². The molecule has 0 amide bonds. The Bertz CT molecular complexity index is 64.3. The number of thioether (sulfide) groups is 2. The highest BCUT2D eigenvalue weighted by Gasteiger charge is 1.96. The molecule has 2 heteroatoms. The molecule has 0 fully saturated rings. The van der Waals surface area contributed by atoms with Crippen molar-refractivity contribution in [2.45, 2.75) is 38.9 Å². The van der Waals surface area contributed by atoms with Crippen molar-refractivity contribution < 1.29 is 0 Å². The molecule has 0 nitrogen and oxygen atoms in total. The van der Waals surface area contributed by atoms with E-state index in [1.54, 1.807) is 0 Å². The molecule has 0 saturated heterocycles. The summed E-state index contributed by atoms with van der Waals surface area (Å²) in [6, 6.07) is 0. The van der Waals surface area contributed by atoms with Crippen LogP contribution < -0.4 is 0 Å². The summed E-state index contributed by atoms with van der Waals surface area (Å²) in [5.74, 6) is 1.32. The number of rotatable bonds is 6. The summed E-state index contributed by atoms with van der Waals surface area (Å²) < 4.78 is 0. The van der Waals surface area contributed by atoms with Crippen LogP contribution in [-0.2, 0) is 0 Å². The molecule has 0 aromatic rings. The van der Waals surface area contributed by atoms with Gasteiger partial charge >= 0.3 is 0 Å². The lowest BCUT2D eigenvalue weighted by molar-refractivity contribution is 0.908. The van der Waals surface area contributed by atoms with Crippen LogP contribution in [0.2, 0.25) is 0 Å². The van der Waals surface area contributed by atoms with Gasteiger partial charge in [-0.05, 0) is 18.6 Å². The quantitative estimate of drug-likeness (QED) is 0.450. The average molecular weight is 178 g/mol. The maximum atomic E-state index is 2.30. The second-order valence-electron chi connectivity index (χ2n) is 2.41. The van der Waals surface area contributed by atoms with E-state index < -0.39 is 0 Å². The van der Waals surface area contributed by atoms with Crippen molar-refractivity contribution in [2.24, 2.45) is 0 Å². The third-order valence-electron chi connectivity index (χ3n) is 1.36. The van der Waals surface area contributed by atoms with Crippen LogP contribution in [0.25, 0.3) is 0 Å². The normalized spacial score (nSPS) is 13.5. The van der Waals surface area contributed by atoms with Crippen LogP contribution in [0.15, 0.2) is 0 Å². The van der Waals surface area contributed by atoms with Crippen molar-refractivity contribution in [1.29, 1.82) is 0 Å². The van der Waals surface area contributed by atoms with Gasteiger partial charge in [-0.2, -0.15) is 11.8 Å². The predicted molar refractivity (Wildman–Crippen MR) is 55.0 cm³/mol. The highest BCUT2D eigenvalue weighted by molar-refractivity contribution is 8.16. The lowest BCUT2D eigenvalue weighted by Gasteiger charge is -2.06. The topological polar surface area (TPSA) is 0 Å². The third-order valence-corrected chi connectivity index (χ3v) is 4.17. The minimum atomic E-state index is 0.851. The van der Waals surface area contributed by atoms with Crippen LogP contribution in [0, 0.1) is 0 Å². The first-order valence-corrected chi connectivity index (χ1v) is 6.20. The van der Waals surface area contributed by atoms with E-state index in [-0.39, 0.29) is 0 Å². The summed E-state index contributed by atoms with van der Waals surface area (Å²) in [6.07, 6.45) is 2.61. The summed E-state index contributed by atoms with van der Waals surface area (Å²) in [5.41, 5.74) is 0. The maximum absolute atomic E-state index is 2.30. The van der Waals surface area contributed by atoms with Gasteiger partial charge < -0.3 is 0 Å². The first-order chi connectivity index (χ1) is 4.81. The Morgan fingerprint density at radius 2 is 2.00 bits per heavy atom. The van der Waals surface area contributed by atoms with E-state index in [2.05, 4.69) is 44.3 Å². The van der Waals surface area contributed by atoms with Gasteiger partial charge in [0.25, 0.3) is 0 Å². The third kappa shape index (κ3) is 6.81.